The summed E-state index contributed by atoms with van der Waals surface area (Å²) in [5, 5.41) is 35.2. The Morgan fingerprint density at radius 1 is 1.05 bits per heavy atom. The summed E-state index contributed by atoms with van der Waals surface area (Å²) in [6, 6.07) is 0. The van der Waals surface area contributed by atoms with Crippen LogP contribution in [0.4, 0.5) is 0 Å². The summed E-state index contributed by atoms with van der Waals surface area (Å²) in [6.45, 7) is 6.60. The molecule has 0 bridgehead atoms. The van der Waals surface area contributed by atoms with Crippen molar-refractivity contribution in [1.82, 2.24) is 4.90 Å². The van der Waals surface area contributed by atoms with Crippen molar-refractivity contribution < 1.29 is 24.9 Å². The molecule has 1 saturated heterocycles. The SMILES string of the molecule is C[C@]12CC[C@H]3C(CCC4(O)CC(O)CC[C@]34C=NCCN3CCCCC3)C1(O)CCC2C1=CC(=O)OC1. The molecule has 0 aromatic carbocycles. The molecule has 8 atom stereocenters. The summed E-state index contributed by atoms with van der Waals surface area (Å²) in [5.41, 5.74) is -1.57. The maximum Gasteiger partial charge on any atom is 0.331 e. The number of cyclic esters (lactones) is 1. The van der Waals surface area contributed by atoms with Crippen molar-refractivity contribution >= 4 is 12.2 Å². The van der Waals surface area contributed by atoms with E-state index in [0.29, 0.717) is 25.9 Å². The molecule has 37 heavy (non-hydrogen) atoms. The molecule has 3 N–H and O–H groups in total. The smallest absolute Gasteiger partial charge is 0.331 e. The van der Waals surface area contributed by atoms with Gasteiger partial charge in [0.25, 0.3) is 0 Å². The number of rotatable bonds is 5. The van der Waals surface area contributed by atoms with Crippen LogP contribution in [0.1, 0.15) is 84.0 Å². The van der Waals surface area contributed by atoms with Gasteiger partial charge in [0, 0.05) is 36.1 Å². The number of piperidine rings is 1. The number of aliphatic hydroxyl groups excluding tert-OH is 1. The van der Waals surface area contributed by atoms with Gasteiger partial charge in [-0.3, -0.25) is 4.99 Å². The second kappa shape index (κ2) is 9.42. The van der Waals surface area contributed by atoms with Crippen molar-refractivity contribution in [3.8, 4) is 0 Å². The monoisotopic (exact) mass is 514 g/mol. The van der Waals surface area contributed by atoms with Gasteiger partial charge in [-0.2, -0.15) is 0 Å². The predicted molar refractivity (Wildman–Crippen MR) is 141 cm³/mol. The third-order valence-corrected chi connectivity index (χ3v) is 12.0. The number of esters is 1. The van der Waals surface area contributed by atoms with E-state index in [4.69, 9.17) is 9.73 Å². The highest BCUT2D eigenvalue weighted by Crippen LogP contribution is 2.70. The third kappa shape index (κ3) is 3.97. The number of hydrogen-bond acceptors (Lipinski definition) is 7. The fourth-order valence-corrected chi connectivity index (χ4v) is 9.97. The topological polar surface area (TPSA) is 103 Å². The number of aliphatic hydroxyl groups is 3. The highest BCUT2D eigenvalue weighted by Gasteiger charge is 2.71. The van der Waals surface area contributed by atoms with E-state index in [1.165, 1.54) is 19.3 Å². The van der Waals surface area contributed by atoms with Crippen LogP contribution in [-0.4, -0.2) is 82.5 Å². The third-order valence-electron chi connectivity index (χ3n) is 12.0. The van der Waals surface area contributed by atoms with Gasteiger partial charge in [-0.05, 0) is 101 Å². The van der Waals surface area contributed by atoms with Crippen LogP contribution < -0.4 is 0 Å². The fourth-order valence-electron chi connectivity index (χ4n) is 9.97. The summed E-state index contributed by atoms with van der Waals surface area (Å²) in [6.07, 6.45) is 13.7. The zero-order chi connectivity index (χ0) is 25.9. The fraction of sp³-hybridized carbons (Fsp3) is 0.867. The van der Waals surface area contributed by atoms with Crippen molar-refractivity contribution in [2.24, 2.45) is 33.6 Å². The zero-order valence-corrected chi connectivity index (χ0v) is 22.5. The molecule has 0 amide bonds. The molecule has 7 heteroatoms. The number of carbonyl (C=O) groups excluding carboxylic acids is 1. The first-order valence-corrected chi connectivity index (χ1v) is 14.9. The molecule has 7 nitrogen and oxygen atoms in total. The average molecular weight is 515 g/mol. The van der Waals surface area contributed by atoms with E-state index in [-0.39, 0.29) is 29.1 Å². The van der Waals surface area contributed by atoms with Crippen molar-refractivity contribution in [3.63, 3.8) is 0 Å². The Morgan fingerprint density at radius 3 is 2.59 bits per heavy atom. The van der Waals surface area contributed by atoms with Crippen LogP contribution in [0.5, 0.6) is 0 Å². The van der Waals surface area contributed by atoms with Crippen LogP contribution in [0.25, 0.3) is 0 Å². The summed E-state index contributed by atoms with van der Waals surface area (Å²) < 4.78 is 5.26. The van der Waals surface area contributed by atoms with Crippen molar-refractivity contribution in [2.45, 2.75) is 101 Å². The minimum atomic E-state index is -0.975. The Kier molecular flexibility index (Phi) is 6.62. The highest BCUT2D eigenvalue weighted by molar-refractivity contribution is 5.85. The number of fused-ring (bicyclic) bond motifs is 5. The molecule has 2 heterocycles. The van der Waals surface area contributed by atoms with E-state index in [0.717, 1.165) is 70.3 Å². The first-order valence-electron chi connectivity index (χ1n) is 14.9. The van der Waals surface area contributed by atoms with Crippen LogP contribution in [0, 0.1) is 28.6 Å². The van der Waals surface area contributed by atoms with E-state index in [1.54, 1.807) is 6.08 Å². The van der Waals surface area contributed by atoms with Crippen LogP contribution in [0.2, 0.25) is 0 Å². The standard InChI is InChI=1S/C30H46N2O5/c1-27-9-6-24-25(30(27,36)12-8-23(27)21-17-26(34)37-19-21)7-11-29(35)18-22(33)5-10-28(24,29)20-31-13-16-32-14-3-2-4-15-32/h17,20,22-25,33,35-36H,2-16,18-19H2,1H3/t22?,23?,24-,25?,27+,28-,29?,30?/m0/s1. The Hall–Kier alpha value is -1.28. The molecule has 5 unspecified atom stereocenters. The van der Waals surface area contributed by atoms with Gasteiger partial charge in [0.2, 0.25) is 0 Å². The molecular weight excluding hydrogens is 468 g/mol. The molecule has 206 valence electrons. The number of likely N-dealkylation sites (tertiary alicyclic amines) is 1. The quantitative estimate of drug-likeness (QED) is 0.385. The van der Waals surface area contributed by atoms with Gasteiger partial charge in [0.1, 0.15) is 6.61 Å². The zero-order valence-electron chi connectivity index (χ0n) is 22.5. The normalized spacial score (nSPS) is 48.3. The summed E-state index contributed by atoms with van der Waals surface area (Å²) in [4.78, 5) is 19.3. The highest BCUT2D eigenvalue weighted by atomic mass is 16.5. The second-order valence-electron chi connectivity index (χ2n) is 13.5. The van der Waals surface area contributed by atoms with Crippen LogP contribution >= 0.6 is 0 Å². The number of aliphatic imine (C=N–C) groups is 1. The van der Waals surface area contributed by atoms with Crippen molar-refractivity contribution in [2.75, 3.05) is 32.8 Å². The minimum Gasteiger partial charge on any atom is -0.458 e. The predicted octanol–water partition coefficient (Wildman–Crippen LogP) is 3.26. The molecule has 6 aliphatic rings. The summed E-state index contributed by atoms with van der Waals surface area (Å²) in [5.74, 6) is 0.127. The Morgan fingerprint density at radius 2 is 1.84 bits per heavy atom. The Labute approximate surface area is 221 Å². The van der Waals surface area contributed by atoms with Crippen LogP contribution in [-0.2, 0) is 9.53 Å². The van der Waals surface area contributed by atoms with E-state index in [9.17, 15) is 20.1 Å². The molecule has 0 spiro atoms. The van der Waals surface area contributed by atoms with Crippen molar-refractivity contribution in [3.05, 3.63) is 11.6 Å². The summed E-state index contributed by atoms with van der Waals surface area (Å²) in [7, 11) is 0. The lowest BCUT2D eigenvalue weighted by molar-refractivity contribution is -0.237. The maximum atomic E-state index is 12.5. The molecule has 0 radical (unpaired) electrons. The minimum absolute atomic E-state index is 0.0823. The number of hydrogen-bond donors (Lipinski definition) is 3. The van der Waals surface area contributed by atoms with Gasteiger partial charge >= 0.3 is 5.97 Å². The van der Waals surface area contributed by atoms with E-state index < -0.39 is 22.7 Å². The molecule has 6 rings (SSSR count). The van der Waals surface area contributed by atoms with Gasteiger partial charge in [0.05, 0.1) is 23.9 Å². The first kappa shape index (κ1) is 26.0. The van der Waals surface area contributed by atoms with Gasteiger partial charge in [-0.25, -0.2) is 4.79 Å². The van der Waals surface area contributed by atoms with E-state index in [2.05, 4.69) is 18.0 Å². The van der Waals surface area contributed by atoms with Gasteiger partial charge in [0.15, 0.2) is 0 Å². The molecular formula is C30H46N2O5. The first-order chi connectivity index (χ1) is 17.7. The summed E-state index contributed by atoms with van der Waals surface area (Å²) >= 11 is 0. The average Bonchev–Trinajstić information content (AvgIpc) is 3.42. The molecule has 0 aromatic heterocycles. The maximum absolute atomic E-state index is 12.5. The lowest BCUT2D eigenvalue weighted by Crippen LogP contribution is -2.68. The largest absolute Gasteiger partial charge is 0.458 e. The number of ether oxygens (including phenoxy) is 1. The Balaban J connectivity index is 1.28. The molecule has 0 aromatic rings. The van der Waals surface area contributed by atoms with Crippen molar-refractivity contribution in [1.29, 1.82) is 0 Å². The van der Waals surface area contributed by atoms with E-state index in [1.807, 2.05) is 0 Å². The van der Waals surface area contributed by atoms with Crippen LogP contribution in [0.3, 0.4) is 0 Å². The molecule has 5 fully saturated rings. The van der Waals surface area contributed by atoms with Gasteiger partial charge in [-0.15, -0.1) is 0 Å². The van der Waals surface area contributed by atoms with Crippen LogP contribution in [0.15, 0.2) is 16.6 Å². The van der Waals surface area contributed by atoms with E-state index >= 15 is 0 Å². The molecule has 4 saturated carbocycles. The molecule has 2 aliphatic heterocycles. The second-order valence-corrected chi connectivity index (χ2v) is 13.5. The Bertz CT molecular complexity index is 962. The number of nitrogens with zero attached hydrogens (tertiary/aromatic N) is 2. The van der Waals surface area contributed by atoms with Gasteiger partial charge in [-0.1, -0.05) is 13.3 Å². The lowest BCUT2D eigenvalue weighted by Gasteiger charge is -2.65. The lowest BCUT2D eigenvalue weighted by atomic mass is 9.41. The molecule has 4 aliphatic carbocycles. The number of carbonyl (C=O) groups is 1. The van der Waals surface area contributed by atoms with Gasteiger partial charge < -0.3 is 25.0 Å².